The van der Waals surface area contributed by atoms with Crippen molar-refractivity contribution in [3.8, 4) is 0 Å². The summed E-state index contributed by atoms with van der Waals surface area (Å²) in [5.41, 5.74) is 1.72. The van der Waals surface area contributed by atoms with E-state index in [-0.39, 0.29) is 11.8 Å². The number of carbonyl (C=O) groups is 1. The second-order valence-corrected chi connectivity index (χ2v) is 7.89. The molecule has 0 aliphatic carbocycles. The number of piperazine rings is 1. The predicted octanol–water partition coefficient (Wildman–Crippen LogP) is 3.90. The topological polar surface area (TPSA) is 48.5 Å². The molecule has 1 aliphatic rings. The number of hydrogen-bond donors (Lipinski definition) is 1. The Kier molecular flexibility index (Phi) is 5.71. The van der Waals surface area contributed by atoms with Gasteiger partial charge in [0.05, 0.1) is 4.70 Å². The van der Waals surface area contributed by atoms with Gasteiger partial charge in [-0.25, -0.2) is 14.2 Å². The van der Waals surface area contributed by atoms with Gasteiger partial charge in [0, 0.05) is 32.7 Å². The summed E-state index contributed by atoms with van der Waals surface area (Å²) in [7, 11) is 0. The molecule has 2 aromatic carbocycles. The van der Waals surface area contributed by atoms with Gasteiger partial charge in [-0.3, -0.25) is 0 Å². The third kappa shape index (κ3) is 4.25. The molecule has 3 aromatic rings. The maximum Gasteiger partial charge on any atom is 0.317 e. The standard InChI is InChI=1S/C21H23FN4OS/c22-17-9-4-10-18-19(17)24-21(28-18)26-14-12-25(13-15-26)20(27)23-11-5-8-16-6-2-1-3-7-16/h1-4,6-7,9-10H,5,8,11-15H2,(H,23,27). The SMILES string of the molecule is O=C(NCCCc1ccccc1)N1CCN(c2nc3c(F)cccc3s2)CC1. The van der Waals surface area contributed by atoms with Crippen LogP contribution in [0.4, 0.5) is 14.3 Å². The van der Waals surface area contributed by atoms with Crippen molar-refractivity contribution in [3.05, 3.63) is 59.9 Å². The number of rotatable bonds is 5. The van der Waals surface area contributed by atoms with Gasteiger partial charge in [0.15, 0.2) is 5.13 Å². The van der Waals surface area contributed by atoms with Gasteiger partial charge in [-0.15, -0.1) is 0 Å². The highest BCUT2D eigenvalue weighted by Crippen LogP contribution is 2.30. The van der Waals surface area contributed by atoms with Crippen molar-refractivity contribution in [1.82, 2.24) is 15.2 Å². The first-order valence-electron chi connectivity index (χ1n) is 9.57. The number of benzene rings is 2. The number of nitrogens with one attached hydrogen (secondary N) is 1. The van der Waals surface area contributed by atoms with Gasteiger partial charge in [-0.2, -0.15) is 0 Å². The van der Waals surface area contributed by atoms with Crippen LogP contribution in [0, 0.1) is 5.82 Å². The molecule has 0 spiro atoms. The zero-order valence-electron chi connectivity index (χ0n) is 15.6. The molecule has 1 N–H and O–H groups in total. The molecule has 146 valence electrons. The number of amides is 2. The van der Waals surface area contributed by atoms with Gasteiger partial charge in [-0.1, -0.05) is 47.7 Å². The first kappa shape index (κ1) is 18.7. The molecule has 0 bridgehead atoms. The predicted molar refractivity (Wildman–Crippen MR) is 112 cm³/mol. The summed E-state index contributed by atoms with van der Waals surface area (Å²) in [5, 5.41) is 3.83. The third-order valence-corrected chi connectivity index (χ3v) is 6.04. The van der Waals surface area contributed by atoms with Gasteiger partial charge in [-0.05, 0) is 30.5 Å². The minimum absolute atomic E-state index is 0.0111. The summed E-state index contributed by atoms with van der Waals surface area (Å²) in [6.45, 7) is 3.37. The lowest BCUT2D eigenvalue weighted by Gasteiger charge is -2.34. The Morgan fingerprint density at radius 3 is 2.61 bits per heavy atom. The van der Waals surface area contributed by atoms with E-state index in [1.165, 1.54) is 23.0 Å². The molecular formula is C21H23FN4OS. The van der Waals surface area contributed by atoms with Crippen molar-refractivity contribution >= 4 is 32.7 Å². The summed E-state index contributed by atoms with van der Waals surface area (Å²) >= 11 is 1.50. The van der Waals surface area contributed by atoms with Crippen LogP contribution in [0.2, 0.25) is 0 Å². The van der Waals surface area contributed by atoms with Crippen LogP contribution in [0.3, 0.4) is 0 Å². The number of anilines is 1. The number of halogens is 1. The smallest absolute Gasteiger partial charge is 0.317 e. The molecule has 1 saturated heterocycles. The number of urea groups is 1. The van der Waals surface area contributed by atoms with E-state index in [0.29, 0.717) is 38.2 Å². The fourth-order valence-electron chi connectivity index (χ4n) is 3.38. The number of fused-ring (bicyclic) bond motifs is 1. The Bertz CT molecular complexity index is 938. The van der Waals surface area contributed by atoms with Crippen molar-refractivity contribution in [2.75, 3.05) is 37.6 Å². The zero-order valence-corrected chi connectivity index (χ0v) is 16.4. The van der Waals surface area contributed by atoms with E-state index < -0.39 is 0 Å². The van der Waals surface area contributed by atoms with Crippen molar-refractivity contribution < 1.29 is 9.18 Å². The maximum atomic E-state index is 13.9. The first-order chi connectivity index (χ1) is 13.7. The molecule has 1 aromatic heterocycles. The number of nitrogens with zero attached hydrogens (tertiary/aromatic N) is 3. The van der Waals surface area contributed by atoms with Gasteiger partial charge in [0.2, 0.25) is 0 Å². The Hall–Kier alpha value is -2.67. The van der Waals surface area contributed by atoms with Crippen LogP contribution < -0.4 is 10.2 Å². The number of aryl methyl sites for hydroxylation is 1. The van der Waals surface area contributed by atoms with Gasteiger partial charge >= 0.3 is 6.03 Å². The van der Waals surface area contributed by atoms with Crippen LogP contribution in [0.15, 0.2) is 48.5 Å². The van der Waals surface area contributed by atoms with Crippen LogP contribution in [-0.2, 0) is 6.42 Å². The lowest BCUT2D eigenvalue weighted by Crippen LogP contribution is -2.52. The van der Waals surface area contributed by atoms with Crippen molar-refractivity contribution in [3.63, 3.8) is 0 Å². The van der Waals surface area contributed by atoms with E-state index in [2.05, 4.69) is 27.3 Å². The quantitative estimate of drug-likeness (QED) is 0.663. The van der Waals surface area contributed by atoms with E-state index in [9.17, 15) is 9.18 Å². The van der Waals surface area contributed by atoms with Gasteiger partial charge in [0.1, 0.15) is 11.3 Å². The molecular weight excluding hydrogens is 375 g/mol. The Morgan fingerprint density at radius 1 is 1.07 bits per heavy atom. The monoisotopic (exact) mass is 398 g/mol. The fourth-order valence-corrected chi connectivity index (χ4v) is 4.42. The van der Waals surface area contributed by atoms with E-state index in [4.69, 9.17) is 0 Å². The highest BCUT2D eigenvalue weighted by atomic mass is 32.1. The summed E-state index contributed by atoms with van der Waals surface area (Å²) in [5.74, 6) is -0.284. The van der Waals surface area contributed by atoms with Crippen molar-refractivity contribution in [2.24, 2.45) is 0 Å². The van der Waals surface area contributed by atoms with Gasteiger partial charge in [0.25, 0.3) is 0 Å². The average Bonchev–Trinajstić information content (AvgIpc) is 3.18. The Labute approximate surface area is 167 Å². The lowest BCUT2D eigenvalue weighted by molar-refractivity contribution is 0.194. The third-order valence-electron chi connectivity index (χ3n) is 4.96. The number of thiazole rings is 1. The zero-order chi connectivity index (χ0) is 19.3. The fraction of sp³-hybridized carbons (Fsp3) is 0.333. The molecule has 2 amide bonds. The number of para-hydroxylation sites is 1. The highest BCUT2D eigenvalue weighted by molar-refractivity contribution is 7.22. The van der Waals surface area contributed by atoms with Crippen LogP contribution in [0.25, 0.3) is 10.2 Å². The van der Waals surface area contributed by atoms with Crippen LogP contribution in [0.5, 0.6) is 0 Å². The number of hydrogen-bond acceptors (Lipinski definition) is 4. The Balaban J connectivity index is 1.24. The number of carbonyl (C=O) groups excluding carboxylic acids is 1. The average molecular weight is 399 g/mol. The molecule has 4 rings (SSSR count). The second-order valence-electron chi connectivity index (χ2n) is 6.88. The van der Waals surface area contributed by atoms with Gasteiger partial charge < -0.3 is 15.1 Å². The molecule has 1 fully saturated rings. The second kappa shape index (κ2) is 8.56. The molecule has 0 unspecified atom stereocenters. The van der Waals surface area contributed by atoms with E-state index in [0.717, 1.165) is 22.7 Å². The van der Waals surface area contributed by atoms with Crippen LogP contribution in [0.1, 0.15) is 12.0 Å². The van der Waals surface area contributed by atoms with E-state index in [1.54, 1.807) is 6.07 Å². The summed E-state index contributed by atoms with van der Waals surface area (Å²) < 4.78 is 14.7. The summed E-state index contributed by atoms with van der Waals surface area (Å²) in [4.78, 5) is 20.8. The van der Waals surface area contributed by atoms with Crippen molar-refractivity contribution in [1.29, 1.82) is 0 Å². The molecule has 5 nitrogen and oxygen atoms in total. The largest absolute Gasteiger partial charge is 0.345 e. The van der Waals surface area contributed by atoms with Crippen LogP contribution >= 0.6 is 11.3 Å². The number of aromatic nitrogens is 1. The molecule has 1 aliphatic heterocycles. The first-order valence-corrected chi connectivity index (χ1v) is 10.4. The molecule has 0 saturated carbocycles. The summed E-state index contributed by atoms with van der Waals surface area (Å²) in [6, 6.07) is 15.3. The Morgan fingerprint density at radius 2 is 1.86 bits per heavy atom. The molecule has 28 heavy (non-hydrogen) atoms. The van der Waals surface area contributed by atoms with E-state index in [1.807, 2.05) is 29.2 Å². The summed E-state index contributed by atoms with van der Waals surface area (Å²) in [6.07, 6.45) is 1.88. The van der Waals surface area contributed by atoms with E-state index >= 15 is 0 Å². The lowest BCUT2D eigenvalue weighted by atomic mass is 10.1. The van der Waals surface area contributed by atoms with Crippen molar-refractivity contribution in [2.45, 2.75) is 12.8 Å². The molecule has 0 atom stereocenters. The minimum Gasteiger partial charge on any atom is -0.345 e. The maximum absolute atomic E-state index is 13.9. The molecule has 2 heterocycles. The molecule has 7 heteroatoms. The minimum atomic E-state index is -0.284. The normalized spacial score (nSPS) is 14.5. The highest BCUT2D eigenvalue weighted by Gasteiger charge is 2.23. The molecule has 0 radical (unpaired) electrons. The van der Waals surface area contributed by atoms with Crippen LogP contribution in [-0.4, -0.2) is 48.6 Å².